The third-order valence-electron chi connectivity index (χ3n) is 5.70. The molecule has 6 nitrogen and oxygen atoms in total. The van der Waals surface area contributed by atoms with E-state index in [4.69, 9.17) is 4.74 Å². The molecule has 0 spiro atoms. The minimum absolute atomic E-state index is 0.104. The number of amides is 1. The van der Waals surface area contributed by atoms with Gasteiger partial charge in [-0.3, -0.25) is 14.6 Å². The fourth-order valence-corrected chi connectivity index (χ4v) is 4.88. The number of rotatable bonds is 7. The molecule has 0 saturated carbocycles. The highest BCUT2D eigenvalue weighted by Crippen LogP contribution is 2.33. The molecule has 1 saturated heterocycles. The van der Waals surface area contributed by atoms with Crippen molar-refractivity contribution in [1.29, 1.82) is 0 Å². The van der Waals surface area contributed by atoms with Crippen molar-refractivity contribution in [3.63, 3.8) is 0 Å². The zero-order valence-electron chi connectivity index (χ0n) is 19.0. The Kier molecular flexibility index (Phi) is 7.39. The minimum atomic E-state index is -4.77. The maximum atomic E-state index is 13.5. The Morgan fingerprint density at radius 3 is 2.68 bits per heavy atom. The average Bonchev–Trinajstić information content (AvgIpc) is 3.19. The summed E-state index contributed by atoms with van der Waals surface area (Å²) < 4.78 is 47.8. The number of nitrogens with zero attached hydrogens (tertiary/aromatic N) is 3. The smallest absolute Gasteiger partial charge is 0.406 e. The number of aromatic nitrogens is 1. The Balaban J connectivity index is 1.60. The molecular formula is C24H26F3N3O3S. The molecule has 34 heavy (non-hydrogen) atoms. The first kappa shape index (κ1) is 24.4. The Bertz CT molecular complexity index is 1160. The van der Waals surface area contributed by atoms with E-state index < -0.39 is 6.36 Å². The fourth-order valence-electron chi connectivity index (χ4n) is 3.85. The van der Waals surface area contributed by atoms with Gasteiger partial charge in [-0.2, -0.15) is 0 Å². The first-order valence-corrected chi connectivity index (χ1v) is 11.8. The predicted molar refractivity (Wildman–Crippen MR) is 126 cm³/mol. The van der Waals surface area contributed by atoms with Gasteiger partial charge < -0.3 is 9.47 Å². The molecule has 2 heterocycles. The normalized spacial score (nSPS) is 15.0. The topological polar surface area (TPSA) is 54.9 Å². The second-order valence-corrected chi connectivity index (χ2v) is 9.29. The summed E-state index contributed by atoms with van der Waals surface area (Å²) in [5, 5.41) is 0.461. The van der Waals surface area contributed by atoms with Gasteiger partial charge in [0.15, 0.2) is 5.13 Å². The minimum Gasteiger partial charge on any atom is -0.406 e. The Morgan fingerprint density at radius 1 is 1.18 bits per heavy atom. The number of thiazole rings is 1. The first-order valence-electron chi connectivity index (χ1n) is 11.0. The van der Waals surface area contributed by atoms with Gasteiger partial charge in [0.1, 0.15) is 5.75 Å². The largest absolute Gasteiger partial charge is 0.573 e. The molecule has 0 unspecified atom stereocenters. The quantitative estimate of drug-likeness (QED) is 0.477. The van der Waals surface area contributed by atoms with Crippen LogP contribution >= 0.6 is 11.3 Å². The Morgan fingerprint density at radius 2 is 1.94 bits per heavy atom. The molecule has 3 aromatic rings. The van der Waals surface area contributed by atoms with Crippen molar-refractivity contribution in [2.24, 2.45) is 0 Å². The zero-order valence-corrected chi connectivity index (χ0v) is 19.8. The number of carbonyl (C=O) groups is 1. The van der Waals surface area contributed by atoms with E-state index in [2.05, 4.69) is 14.6 Å². The summed E-state index contributed by atoms with van der Waals surface area (Å²) in [4.78, 5) is 21.9. The summed E-state index contributed by atoms with van der Waals surface area (Å²) in [5.74, 6) is -0.412. The van der Waals surface area contributed by atoms with Crippen LogP contribution in [0.15, 0.2) is 36.4 Å². The number of hydrogen-bond donors (Lipinski definition) is 0. The Labute approximate surface area is 199 Å². The number of anilines is 1. The summed E-state index contributed by atoms with van der Waals surface area (Å²) in [6.07, 6.45) is -4.55. The van der Waals surface area contributed by atoms with Crippen LogP contribution in [-0.2, 0) is 16.0 Å². The van der Waals surface area contributed by atoms with Gasteiger partial charge in [0.2, 0.25) is 5.91 Å². The molecule has 182 valence electrons. The fraction of sp³-hybridized carbons (Fsp3) is 0.417. The molecule has 0 aliphatic carbocycles. The summed E-state index contributed by atoms with van der Waals surface area (Å²) in [5.41, 5.74) is 3.57. The number of benzene rings is 2. The molecule has 10 heteroatoms. The number of ether oxygens (including phenoxy) is 2. The van der Waals surface area contributed by atoms with Gasteiger partial charge in [-0.25, -0.2) is 4.98 Å². The number of morpholine rings is 1. The molecule has 4 rings (SSSR count). The molecule has 2 aromatic carbocycles. The first-order chi connectivity index (χ1) is 16.2. The van der Waals surface area contributed by atoms with Crippen LogP contribution in [0.1, 0.15) is 16.7 Å². The predicted octanol–water partition coefficient (Wildman–Crippen LogP) is 4.72. The van der Waals surface area contributed by atoms with Crippen LogP contribution < -0.4 is 9.64 Å². The van der Waals surface area contributed by atoms with Crippen LogP contribution in [0, 0.1) is 13.8 Å². The van der Waals surface area contributed by atoms with Gasteiger partial charge in [0.05, 0.1) is 29.9 Å². The van der Waals surface area contributed by atoms with E-state index >= 15 is 0 Å². The lowest BCUT2D eigenvalue weighted by Gasteiger charge is -2.29. The van der Waals surface area contributed by atoms with E-state index in [1.54, 1.807) is 4.90 Å². The molecular weight excluding hydrogens is 467 g/mol. The molecule has 0 radical (unpaired) electrons. The molecule has 0 bridgehead atoms. The summed E-state index contributed by atoms with van der Waals surface area (Å²) in [6.45, 7) is 7.92. The Hall–Kier alpha value is -2.69. The second-order valence-electron chi connectivity index (χ2n) is 8.28. The zero-order chi connectivity index (χ0) is 24.3. The number of carbonyl (C=O) groups excluding carboxylic acids is 1. The van der Waals surface area contributed by atoms with Crippen molar-refractivity contribution in [3.05, 3.63) is 53.1 Å². The number of fused-ring (bicyclic) bond motifs is 1. The van der Waals surface area contributed by atoms with E-state index in [9.17, 15) is 18.0 Å². The van der Waals surface area contributed by atoms with Crippen molar-refractivity contribution >= 4 is 32.6 Å². The summed E-state index contributed by atoms with van der Waals surface area (Å²) >= 11 is 1.18. The molecule has 0 N–H and O–H groups in total. The molecule has 0 atom stereocenters. The van der Waals surface area contributed by atoms with Crippen molar-refractivity contribution in [2.75, 3.05) is 44.3 Å². The standard InChI is InChI=1S/C24H26F3N3O3S/c1-16-3-4-17(2)18(13-16)14-22(31)30(8-7-29-9-11-32-12-10-29)23-28-20-6-5-19(15-21(20)34-23)33-24(25,26)27/h3-6,13,15H,7-12,14H2,1-2H3. The van der Waals surface area contributed by atoms with E-state index in [0.717, 1.165) is 29.8 Å². The maximum absolute atomic E-state index is 13.5. The van der Waals surface area contributed by atoms with Crippen molar-refractivity contribution < 1.29 is 27.4 Å². The number of halogens is 3. The van der Waals surface area contributed by atoms with Crippen molar-refractivity contribution in [2.45, 2.75) is 26.6 Å². The van der Waals surface area contributed by atoms with Crippen LogP contribution in [0.4, 0.5) is 18.3 Å². The van der Waals surface area contributed by atoms with Crippen molar-refractivity contribution in [3.8, 4) is 5.75 Å². The number of alkyl halides is 3. The third-order valence-corrected chi connectivity index (χ3v) is 6.75. The monoisotopic (exact) mass is 493 g/mol. The van der Waals surface area contributed by atoms with E-state index in [1.165, 1.54) is 29.5 Å². The molecule has 1 aliphatic heterocycles. The lowest BCUT2D eigenvalue weighted by molar-refractivity contribution is -0.274. The van der Waals surface area contributed by atoms with Crippen LogP contribution in [-0.4, -0.2) is 61.5 Å². The summed E-state index contributed by atoms with van der Waals surface area (Å²) in [6, 6.07) is 10.0. The van der Waals surface area contributed by atoms with Crippen LogP contribution in [0.3, 0.4) is 0 Å². The number of hydrogen-bond acceptors (Lipinski definition) is 6. The average molecular weight is 494 g/mol. The van der Waals surface area contributed by atoms with Crippen LogP contribution in [0.25, 0.3) is 10.2 Å². The van der Waals surface area contributed by atoms with E-state index in [1.807, 2.05) is 32.0 Å². The van der Waals surface area contributed by atoms with E-state index in [0.29, 0.717) is 41.7 Å². The van der Waals surface area contributed by atoms with Crippen LogP contribution in [0.2, 0.25) is 0 Å². The highest BCUT2D eigenvalue weighted by Gasteiger charge is 2.31. The van der Waals surface area contributed by atoms with Crippen LogP contribution in [0.5, 0.6) is 5.75 Å². The highest BCUT2D eigenvalue weighted by atomic mass is 32.1. The van der Waals surface area contributed by atoms with E-state index in [-0.39, 0.29) is 18.1 Å². The highest BCUT2D eigenvalue weighted by molar-refractivity contribution is 7.22. The summed E-state index contributed by atoms with van der Waals surface area (Å²) in [7, 11) is 0. The molecule has 1 aliphatic rings. The second kappa shape index (κ2) is 10.3. The van der Waals surface area contributed by atoms with Gasteiger partial charge in [-0.1, -0.05) is 35.1 Å². The number of aryl methyl sites for hydroxylation is 2. The molecule has 1 amide bonds. The van der Waals surface area contributed by atoms with Crippen molar-refractivity contribution in [1.82, 2.24) is 9.88 Å². The maximum Gasteiger partial charge on any atom is 0.573 e. The van der Waals surface area contributed by atoms with Gasteiger partial charge in [0, 0.05) is 32.2 Å². The lowest BCUT2D eigenvalue weighted by atomic mass is 10.0. The molecule has 1 aromatic heterocycles. The van der Waals surface area contributed by atoms with Gasteiger partial charge in [-0.05, 0) is 37.1 Å². The van der Waals surface area contributed by atoms with Gasteiger partial charge >= 0.3 is 6.36 Å². The van der Waals surface area contributed by atoms with Gasteiger partial charge in [0.25, 0.3) is 0 Å². The third kappa shape index (κ3) is 6.25. The van der Waals surface area contributed by atoms with Gasteiger partial charge in [-0.15, -0.1) is 13.2 Å². The molecule has 1 fully saturated rings. The lowest BCUT2D eigenvalue weighted by Crippen LogP contribution is -2.43. The SMILES string of the molecule is Cc1ccc(C)c(CC(=O)N(CCN2CCOCC2)c2nc3ccc(OC(F)(F)F)cc3s2)c1.